The maximum atomic E-state index is 12.4. The van der Waals surface area contributed by atoms with E-state index in [0.29, 0.717) is 35.7 Å². The topological polar surface area (TPSA) is 101 Å². The summed E-state index contributed by atoms with van der Waals surface area (Å²) in [6, 6.07) is 7.56. The number of halogens is 2. The third kappa shape index (κ3) is 4.61. The number of fused-ring (bicyclic) bond motifs is 1. The van der Waals surface area contributed by atoms with Gasteiger partial charge in [-0.3, -0.25) is 14.6 Å². The second kappa shape index (κ2) is 9.73. The number of anilines is 1. The second-order valence-corrected chi connectivity index (χ2v) is 9.58. The lowest BCUT2D eigenvalue weighted by atomic mass is 9.98. The number of hydrogen-bond acceptors (Lipinski definition) is 7. The SMILES string of the molecule is Cl.O=C1COc2ccc(CNC3CCN(CC4Cn5c(=O)ccc6ncc(Cl)c4c65)CC3)nc2N1. The quantitative estimate of drug-likeness (QED) is 0.537. The molecule has 1 fully saturated rings. The molecule has 6 heterocycles. The molecule has 184 valence electrons. The van der Waals surface area contributed by atoms with Crippen LogP contribution in [0, 0.1) is 0 Å². The van der Waals surface area contributed by atoms with Gasteiger partial charge in [0.1, 0.15) is 0 Å². The van der Waals surface area contributed by atoms with Gasteiger partial charge in [-0.25, -0.2) is 4.98 Å². The molecule has 3 aromatic rings. The van der Waals surface area contributed by atoms with Crippen molar-refractivity contribution < 1.29 is 9.53 Å². The standard InChI is InChI=1S/C24H25ClN6O3.ClH/c25-17-10-27-18-2-4-21(33)31-12-14(22(17)23(18)31)11-30-7-5-15(6-8-30)26-9-16-1-3-19-24(28-16)29-20(32)13-34-19;/h1-4,10,14-15,26H,5-9,11-13H2,(H,28,29,32);1H. The summed E-state index contributed by atoms with van der Waals surface area (Å²) >= 11 is 6.53. The Kier molecular flexibility index (Phi) is 6.67. The van der Waals surface area contributed by atoms with E-state index in [1.807, 2.05) is 16.7 Å². The molecule has 11 heteroatoms. The molecule has 0 bridgehead atoms. The Morgan fingerprint density at radius 2 is 2.00 bits per heavy atom. The highest BCUT2D eigenvalue weighted by Gasteiger charge is 2.31. The predicted molar refractivity (Wildman–Crippen MR) is 136 cm³/mol. The van der Waals surface area contributed by atoms with E-state index in [-0.39, 0.29) is 36.4 Å². The maximum Gasteiger partial charge on any atom is 0.263 e. The van der Waals surface area contributed by atoms with Crippen LogP contribution in [-0.4, -0.2) is 57.6 Å². The van der Waals surface area contributed by atoms with Gasteiger partial charge >= 0.3 is 0 Å². The fourth-order valence-electron chi connectivity index (χ4n) is 5.28. The number of ether oxygens (including phenoxy) is 1. The monoisotopic (exact) mass is 516 g/mol. The van der Waals surface area contributed by atoms with E-state index in [0.717, 1.165) is 54.8 Å². The number of rotatable bonds is 5. The van der Waals surface area contributed by atoms with Crippen LogP contribution < -0.4 is 20.9 Å². The summed E-state index contributed by atoms with van der Waals surface area (Å²) in [4.78, 5) is 35.3. The van der Waals surface area contributed by atoms with Gasteiger partial charge in [-0.05, 0) is 44.1 Å². The van der Waals surface area contributed by atoms with Crippen LogP contribution >= 0.6 is 24.0 Å². The lowest BCUT2D eigenvalue weighted by molar-refractivity contribution is -0.118. The Hall–Kier alpha value is -2.72. The van der Waals surface area contributed by atoms with Crippen molar-refractivity contribution in [2.45, 2.75) is 37.9 Å². The molecule has 3 aliphatic heterocycles. The van der Waals surface area contributed by atoms with Gasteiger partial charge in [0.05, 0.1) is 21.7 Å². The number of amides is 1. The highest BCUT2D eigenvalue weighted by atomic mass is 35.5. The first kappa shape index (κ1) is 24.0. The van der Waals surface area contributed by atoms with Crippen LogP contribution in [0.15, 0.2) is 35.3 Å². The van der Waals surface area contributed by atoms with E-state index in [1.54, 1.807) is 18.3 Å². The molecule has 3 aliphatic rings. The third-order valence-electron chi connectivity index (χ3n) is 6.97. The van der Waals surface area contributed by atoms with Gasteiger partial charge in [-0.2, -0.15) is 0 Å². The molecule has 1 unspecified atom stereocenters. The molecule has 1 atom stereocenters. The van der Waals surface area contributed by atoms with E-state index in [1.165, 1.54) is 0 Å². The minimum Gasteiger partial charge on any atom is -0.480 e. The largest absolute Gasteiger partial charge is 0.480 e. The number of aromatic nitrogens is 3. The first-order valence-corrected chi connectivity index (χ1v) is 12.0. The fourth-order valence-corrected chi connectivity index (χ4v) is 5.57. The van der Waals surface area contributed by atoms with Crippen molar-refractivity contribution in [1.29, 1.82) is 0 Å². The number of carbonyl (C=O) groups excluding carboxylic acids is 1. The second-order valence-electron chi connectivity index (χ2n) is 9.17. The Morgan fingerprint density at radius 1 is 1.17 bits per heavy atom. The summed E-state index contributed by atoms with van der Waals surface area (Å²) in [5, 5.41) is 7.00. The third-order valence-corrected chi connectivity index (χ3v) is 7.27. The summed E-state index contributed by atoms with van der Waals surface area (Å²) in [6.45, 7) is 4.16. The van der Waals surface area contributed by atoms with Crippen LogP contribution in [0.4, 0.5) is 5.82 Å². The van der Waals surface area contributed by atoms with Crippen molar-refractivity contribution in [2.75, 3.05) is 31.6 Å². The molecular formula is C24H26Cl2N6O3. The first-order valence-electron chi connectivity index (χ1n) is 11.6. The fraction of sp³-hybridized carbons (Fsp3) is 0.417. The van der Waals surface area contributed by atoms with Crippen LogP contribution in [0.3, 0.4) is 0 Å². The van der Waals surface area contributed by atoms with Gasteiger partial charge in [0.15, 0.2) is 18.2 Å². The Labute approximate surface area is 213 Å². The van der Waals surface area contributed by atoms with E-state index >= 15 is 0 Å². The molecule has 1 saturated heterocycles. The number of pyridine rings is 3. The van der Waals surface area contributed by atoms with Crippen LogP contribution in [0.25, 0.3) is 11.0 Å². The van der Waals surface area contributed by atoms with Crippen molar-refractivity contribution in [2.24, 2.45) is 0 Å². The average molecular weight is 517 g/mol. The number of piperidine rings is 1. The zero-order valence-corrected chi connectivity index (χ0v) is 20.6. The van der Waals surface area contributed by atoms with Crippen LogP contribution in [0.1, 0.15) is 30.0 Å². The molecule has 0 saturated carbocycles. The van der Waals surface area contributed by atoms with Crippen molar-refractivity contribution in [3.8, 4) is 5.75 Å². The molecule has 0 aliphatic carbocycles. The Bertz CT molecular complexity index is 1340. The molecule has 0 spiro atoms. The molecule has 6 rings (SSSR count). The van der Waals surface area contributed by atoms with Gasteiger partial charge in [-0.15, -0.1) is 12.4 Å². The van der Waals surface area contributed by atoms with E-state index in [4.69, 9.17) is 16.3 Å². The van der Waals surface area contributed by atoms with Crippen LogP contribution in [0.2, 0.25) is 5.02 Å². The lowest BCUT2D eigenvalue weighted by Gasteiger charge is -2.34. The van der Waals surface area contributed by atoms with Crippen molar-refractivity contribution in [3.05, 3.63) is 57.1 Å². The van der Waals surface area contributed by atoms with E-state index in [9.17, 15) is 9.59 Å². The zero-order valence-electron chi connectivity index (χ0n) is 19.0. The van der Waals surface area contributed by atoms with Gasteiger partial charge < -0.3 is 24.8 Å². The normalized spacial score (nSPS) is 19.7. The minimum absolute atomic E-state index is 0. The average Bonchev–Trinajstić information content (AvgIpc) is 3.23. The summed E-state index contributed by atoms with van der Waals surface area (Å²) in [5.41, 5.74) is 3.65. The molecule has 0 aromatic carbocycles. The van der Waals surface area contributed by atoms with Crippen molar-refractivity contribution in [3.63, 3.8) is 0 Å². The molecule has 9 nitrogen and oxygen atoms in total. The maximum absolute atomic E-state index is 12.4. The number of likely N-dealkylation sites (tertiary alicyclic amines) is 1. The van der Waals surface area contributed by atoms with Crippen LogP contribution in [-0.2, 0) is 17.9 Å². The molecule has 1 amide bonds. The first-order chi connectivity index (χ1) is 16.5. The molecule has 35 heavy (non-hydrogen) atoms. The summed E-state index contributed by atoms with van der Waals surface area (Å²) in [7, 11) is 0. The van der Waals surface area contributed by atoms with Gasteiger partial charge in [-0.1, -0.05) is 11.6 Å². The minimum atomic E-state index is -0.179. The highest BCUT2D eigenvalue weighted by molar-refractivity contribution is 6.32. The Morgan fingerprint density at radius 3 is 2.83 bits per heavy atom. The van der Waals surface area contributed by atoms with Gasteiger partial charge in [0.2, 0.25) is 0 Å². The zero-order chi connectivity index (χ0) is 23.2. The summed E-state index contributed by atoms with van der Waals surface area (Å²) < 4.78 is 7.19. The highest BCUT2D eigenvalue weighted by Crippen LogP contribution is 2.37. The number of carbonyl (C=O) groups is 1. The lowest BCUT2D eigenvalue weighted by Crippen LogP contribution is -2.43. The van der Waals surface area contributed by atoms with Crippen LogP contribution in [0.5, 0.6) is 5.75 Å². The molecular weight excluding hydrogens is 491 g/mol. The summed E-state index contributed by atoms with van der Waals surface area (Å²) in [6.07, 6.45) is 3.77. The Balaban J connectivity index is 0.00000253. The number of nitrogens with zero attached hydrogens (tertiary/aromatic N) is 4. The van der Waals surface area contributed by atoms with Crippen molar-refractivity contribution in [1.82, 2.24) is 24.8 Å². The number of hydrogen-bond donors (Lipinski definition) is 2. The molecule has 0 radical (unpaired) electrons. The molecule has 3 aromatic heterocycles. The van der Waals surface area contributed by atoms with Gasteiger partial charge in [0, 0.05) is 49.4 Å². The van der Waals surface area contributed by atoms with E-state index in [2.05, 4.69) is 25.5 Å². The van der Waals surface area contributed by atoms with Crippen molar-refractivity contribution >= 4 is 46.8 Å². The van der Waals surface area contributed by atoms with E-state index < -0.39 is 0 Å². The van der Waals surface area contributed by atoms with Gasteiger partial charge in [0.25, 0.3) is 11.5 Å². The molecule has 2 N–H and O–H groups in total. The number of nitrogens with one attached hydrogen (secondary N) is 2. The predicted octanol–water partition coefficient (Wildman–Crippen LogP) is 2.55. The summed E-state index contributed by atoms with van der Waals surface area (Å²) in [5.74, 6) is 1.11. The smallest absolute Gasteiger partial charge is 0.263 e.